The molecule has 1 fully saturated rings. The van der Waals surface area contributed by atoms with Crippen molar-refractivity contribution in [2.45, 2.75) is 5.41 Å². The first kappa shape index (κ1) is 17.0. The standard InChI is InChI=1S/C16H17BrFN7O/c1-23-12-5-21-11-4-10(18)9(17)3-8(11)13(12)16(14(23)26)6-25(7-16)15(22-19)24(2)20/h3-5H,6-7,19-20H2,1-2H3/b22-15+. The number of hydrogen-bond acceptors (Lipinski definition) is 5. The van der Waals surface area contributed by atoms with Gasteiger partial charge in [-0.1, -0.05) is 0 Å². The Kier molecular flexibility index (Phi) is 3.60. The van der Waals surface area contributed by atoms with Crippen molar-refractivity contribution in [2.75, 3.05) is 32.1 Å². The van der Waals surface area contributed by atoms with Gasteiger partial charge in [-0.3, -0.25) is 14.8 Å². The maximum atomic E-state index is 13.9. The van der Waals surface area contributed by atoms with Gasteiger partial charge in [0.15, 0.2) is 0 Å². The highest BCUT2D eigenvalue weighted by Crippen LogP contribution is 2.49. The fourth-order valence-corrected chi connectivity index (χ4v) is 4.25. The van der Waals surface area contributed by atoms with Gasteiger partial charge in [-0.05, 0) is 22.0 Å². The molecule has 0 bridgehead atoms. The number of rotatable bonds is 0. The van der Waals surface area contributed by atoms with Crippen LogP contribution in [0.15, 0.2) is 27.9 Å². The number of hydrazine groups is 1. The Morgan fingerprint density at radius 2 is 2.15 bits per heavy atom. The maximum absolute atomic E-state index is 13.9. The van der Waals surface area contributed by atoms with Crippen molar-refractivity contribution in [1.82, 2.24) is 14.9 Å². The van der Waals surface area contributed by atoms with E-state index in [1.54, 1.807) is 31.3 Å². The number of anilines is 1. The lowest BCUT2D eigenvalue weighted by molar-refractivity contribution is -0.127. The van der Waals surface area contributed by atoms with E-state index in [0.29, 0.717) is 29.0 Å². The van der Waals surface area contributed by atoms with Gasteiger partial charge in [0.25, 0.3) is 0 Å². The molecule has 10 heteroatoms. The van der Waals surface area contributed by atoms with Crippen LogP contribution in [-0.2, 0) is 10.2 Å². The second-order valence-electron chi connectivity index (χ2n) is 6.64. The van der Waals surface area contributed by atoms with Gasteiger partial charge in [0.05, 0.1) is 21.9 Å². The number of nitrogens with zero attached hydrogens (tertiary/aromatic N) is 5. The number of fused-ring (bicyclic) bond motifs is 4. The number of hydrogen-bond donors (Lipinski definition) is 2. The summed E-state index contributed by atoms with van der Waals surface area (Å²) in [5.41, 5.74) is 1.33. The van der Waals surface area contributed by atoms with E-state index in [4.69, 9.17) is 11.7 Å². The van der Waals surface area contributed by atoms with Crippen LogP contribution in [0.5, 0.6) is 0 Å². The molecule has 2 aliphatic heterocycles. The summed E-state index contributed by atoms with van der Waals surface area (Å²) < 4.78 is 14.3. The number of guanidine groups is 1. The van der Waals surface area contributed by atoms with Crippen molar-refractivity contribution < 1.29 is 9.18 Å². The molecule has 1 aromatic carbocycles. The molecule has 0 saturated carbocycles. The second kappa shape index (κ2) is 5.52. The van der Waals surface area contributed by atoms with E-state index in [1.165, 1.54) is 11.1 Å². The summed E-state index contributed by atoms with van der Waals surface area (Å²) in [7, 11) is 3.35. The van der Waals surface area contributed by atoms with Crippen LogP contribution >= 0.6 is 15.9 Å². The van der Waals surface area contributed by atoms with Crippen molar-refractivity contribution in [2.24, 2.45) is 16.8 Å². The fourth-order valence-electron chi connectivity index (χ4n) is 3.91. The first-order valence-electron chi connectivity index (χ1n) is 7.88. The highest BCUT2D eigenvalue weighted by Gasteiger charge is 2.59. The van der Waals surface area contributed by atoms with Crippen molar-refractivity contribution in [3.63, 3.8) is 0 Å². The quantitative estimate of drug-likeness (QED) is 0.281. The zero-order valence-corrected chi connectivity index (χ0v) is 15.8. The summed E-state index contributed by atoms with van der Waals surface area (Å²) in [6.07, 6.45) is 1.62. The molecular weight excluding hydrogens is 405 g/mol. The van der Waals surface area contributed by atoms with Crippen molar-refractivity contribution in [3.8, 4) is 0 Å². The third-order valence-electron chi connectivity index (χ3n) is 5.08. The van der Waals surface area contributed by atoms with Crippen LogP contribution in [0, 0.1) is 5.82 Å². The number of likely N-dealkylation sites (tertiary alicyclic amines) is 1. The minimum atomic E-state index is -0.755. The van der Waals surface area contributed by atoms with E-state index in [9.17, 15) is 9.18 Å². The topological polar surface area (TPSA) is 104 Å². The number of pyridine rings is 1. The smallest absolute Gasteiger partial charge is 0.241 e. The molecule has 1 aromatic heterocycles. The molecule has 0 unspecified atom stereocenters. The molecule has 1 spiro atoms. The number of hydrazone groups is 1. The number of carbonyl (C=O) groups excluding carboxylic acids is 1. The van der Waals surface area contributed by atoms with Crippen LogP contribution < -0.4 is 16.6 Å². The normalized spacial score (nSPS) is 18.5. The summed E-state index contributed by atoms with van der Waals surface area (Å²) in [5.74, 6) is 11.1. The molecule has 8 nitrogen and oxygen atoms in total. The van der Waals surface area contributed by atoms with Gasteiger partial charge in [-0.25, -0.2) is 10.2 Å². The molecule has 2 aliphatic rings. The van der Waals surface area contributed by atoms with Crippen molar-refractivity contribution >= 4 is 44.4 Å². The van der Waals surface area contributed by atoms with Gasteiger partial charge >= 0.3 is 0 Å². The summed E-state index contributed by atoms with van der Waals surface area (Å²) >= 11 is 3.23. The zero-order valence-electron chi connectivity index (χ0n) is 14.2. The zero-order chi connectivity index (χ0) is 18.8. The van der Waals surface area contributed by atoms with Crippen molar-refractivity contribution in [1.29, 1.82) is 0 Å². The summed E-state index contributed by atoms with van der Waals surface area (Å²) in [4.78, 5) is 20.8. The monoisotopic (exact) mass is 421 g/mol. The number of amides is 1. The highest BCUT2D eigenvalue weighted by atomic mass is 79.9. The number of aromatic nitrogens is 1. The van der Waals surface area contributed by atoms with Crippen LogP contribution in [0.3, 0.4) is 0 Å². The van der Waals surface area contributed by atoms with Crippen LogP contribution in [0.4, 0.5) is 10.1 Å². The molecule has 3 heterocycles. The van der Waals surface area contributed by atoms with E-state index in [-0.39, 0.29) is 5.91 Å². The van der Waals surface area contributed by atoms with Gasteiger partial charge in [-0.15, -0.1) is 5.10 Å². The lowest BCUT2D eigenvalue weighted by Crippen LogP contribution is -2.67. The van der Waals surface area contributed by atoms with Gasteiger partial charge in [0.1, 0.15) is 11.2 Å². The Morgan fingerprint density at radius 3 is 2.77 bits per heavy atom. The second-order valence-corrected chi connectivity index (χ2v) is 7.50. The summed E-state index contributed by atoms with van der Waals surface area (Å²) in [6.45, 7) is 0.768. The van der Waals surface area contributed by atoms with Crippen LogP contribution in [0.2, 0.25) is 0 Å². The van der Waals surface area contributed by atoms with E-state index < -0.39 is 11.2 Å². The average Bonchev–Trinajstić information content (AvgIpc) is 2.78. The maximum Gasteiger partial charge on any atom is 0.241 e. The molecule has 1 amide bonds. The van der Waals surface area contributed by atoms with E-state index in [0.717, 1.165) is 16.6 Å². The molecule has 0 radical (unpaired) electrons. The molecule has 0 aliphatic carbocycles. The lowest BCUT2D eigenvalue weighted by atomic mass is 9.73. The summed E-state index contributed by atoms with van der Waals surface area (Å²) in [6, 6.07) is 3.05. The first-order chi connectivity index (χ1) is 12.3. The van der Waals surface area contributed by atoms with Gasteiger partial charge in [-0.2, -0.15) is 0 Å². The van der Waals surface area contributed by atoms with Gasteiger partial charge < -0.3 is 15.6 Å². The largest absolute Gasteiger partial charge is 0.337 e. The molecule has 26 heavy (non-hydrogen) atoms. The number of likely N-dealkylation sites (N-methyl/N-ethyl adjacent to an activating group) is 1. The molecule has 136 valence electrons. The van der Waals surface area contributed by atoms with Crippen LogP contribution in [0.25, 0.3) is 10.9 Å². The first-order valence-corrected chi connectivity index (χ1v) is 8.67. The predicted molar refractivity (Wildman–Crippen MR) is 99.6 cm³/mol. The molecule has 0 atom stereocenters. The SMILES string of the molecule is CN(N)/C(=N\N)N1CC2(C1)C(=O)N(C)c1cnc3cc(F)c(Br)cc3c12. The Morgan fingerprint density at radius 1 is 1.46 bits per heavy atom. The summed E-state index contributed by atoms with van der Waals surface area (Å²) in [5, 5.41) is 5.76. The third-order valence-corrected chi connectivity index (χ3v) is 5.69. The number of halogens is 2. The minimum Gasteiger partial charge on any atom is -0.337 e. The van der Waals surface area contributed by atoms with Crippen LogP contribution in [-0.4, -0.2) is 53.9 Å². The lowest BCUT2D eigenvalue weighted by Gasteiger charge is -2.48. The number of nitrogens with two attached hydrogens (primary N) is 2. The van der Waals surface area contributed by atoms with E-state index in [1.807, 2.05) is 4.90 Å². The predicted octanol–water partition coefficient (Wildman–Crippen LogP) is 0.701. The Bertz CT molecular complexity index is 971. The Hall–Kier alpha value is -2.46. The molecule has 4 rings (SSSR count). The molecule has 4 N–H and O–H groups in total. The van der Waals surface area contributed by atoms with E-state index >= 15 is 0 Å². The molecule has 1 saturated heterocycles. The average molecular weight is 422 g/mol. The third kappa shape index (κ3) is 2.05. The Labute approximate surface area is 157 Å². The highest BCUT2D eigenvalue weighted by molar-refractivity contribution is 9.10. The van der Waals surface area contributed by atoms with Crippen molar-refractivity contribution in [3.05, 3.63) is 34.2 Å². The minimum absolute atomic E-state index is 0.0328. The molecule has 2 aromatic rings. The fraction of sp³-hybridized carbons (Fsp3) is 0.312. The molecular formula is C16H17BrFN7O. The van der Waals surface area contributed by atoms with Gasteiger partial charge in [0.2, 0.25) is 11.9 Å². The Balaban J connectivity index is 1.87. The number of carbonyl (C=O) groups is 1. The number of benzene rings is 1. The van der Waals surface area contributed by atoms with Crippen LogP contribution in [0.1, 0.15) is 5.56 Å². The van der Waals surface area contributed by atoms with Gasteiger partial charge in [0, 0.05) is 44.2 Å². The van der Waals surface area contributed by atoms with E-state index in [2.05, 4.69) is 26.0 Å².